The van der Waals surface area contributed by atoms with Gasteiger partial charge in [0.1, 0.15) is 4.83 Å². The maximum absolute atomic E-state index is 13.6. The summed E-state index contributed by atoms with van der Waals surface area (Å²) in [5, 5.41) is 1.42. The summed E-state index contributed by atoms with van der Waals surface area (Å²) in [5.41, 5.74) is 1.81. The Morgan fingerprint density at radius 3 is 2.88 bits per heavy atom. The Morgan fingerprint density at radius 1 is 1.21 bits per heavy atom. The van der Waals surface area contributed by atoms with Crippen LogP contribution in [0.1, 0.15) is 40.1 Å². The van der Waals surface area contributed by atoms with E-state index in [1.807, 2.05) is 14.1 Å². The lowest BCUT2D eigenvalue weighted by Crippen LogP contribution is -2.26. The zero-order valence-electron chi connectivity index (χ0n) is 18.9. The van der Waals surface area contributed by atoms with Crippen LogP contribution in [0, 0.1) is 0 Å². The zero-order chi connectivity index (χ0) is 22.9. The van der Waals surface area contributed by atoms with Gasteiger partial charge in [-0.25, -0.2) is 4.98 Å². The summed E-state index contributed by atoms with van der Waals surface area (Å²) in [7, 11) is 4.05. The van der Waals surface area contributed by atoms with E-state index in [0.717, 1.165) is 42.4 Å². The molecule has 1 aliphatic carbocycles. The molecule has 0 saturated carbocycles. The first-order valence-corrected chi connectivity index (χ1v) is 13.1. The number of thioether (sulfide) groups is 1. The van der Waals surface area contributed by atoms with Crippen LogP contribution in [0.2, 0.25) is 0 Å². The molecule has 3 heterocycles. The van der Waals surface area contributed by atoms with Crippen molar-refractivity contribution >= 4 is 39.1 Å². The van der Waals surface area contributed by atoms with Gasteiger partial charge in [-0.3, -0.25) is 14.2 Å². The molecule has 9 heteroatoms. The molecule has 33 heavy (non-hydrogen) atoms. The van der Waals surface area contributed by atoms with Crippen molar-refractivity contribution in [3.05, 3.63) is 44.6 Å². The number of rotatable bonds is 8. The third-order valence-electron chi connectivity index (χ3n) is 6.05. The molecular weight excluding hydrogens is 458 g/mol. The van der Waals surface area contributed by atoms with Gasteiger partial charge >= 0.3 is 0 Å². The first-order valence-electron chi connectivity index (χ1n) is 11.3. The highest BCUT2D eigenvalue weighted by Gasteiger charge is 2.23. The summed E-state index contributed by atoms with van der Waals surface area (Å²) in [6.07, 6.45) is 5.12. The Balaban J connectivity index is 1.44. The van der Waals surface area contributed by atoms with Gasteiger partial charge in [-0.15, -0.1) is 11.3 Å². The molecular formula is C24H27N3O4S2. The van der Waals surface area contributed by atoms with Gasteiger partial charge in [-0.1, -0.05) is 11.8 Å². The second-order valence-corrected chi connectivity index (χ2v) is 10.7. The van der Waals surface area contributed by atoms with Crippen LogP contribution in [0.3, 0.4) is 0 Å². The Labute approximate surface area is 200 Å². The number of ketones is 1. The number of Topliss-reactive ketones (excluding diaryl/α,β-unsaturated/α-hetero) is 1. The average Bonchev–Trinajstić information content (AvgIpc) is 3.42. The van der Waals surface area contributed by atoms with E-state index in [1.54, 1.807) is 34.1 Å². The number of nitrogens with zero attached hydrogens (tertiary/aromatic N) is 3. The predicted octanol–water partition coefficient (Wildman–Crippen LogP) is 3.99. The molecule has 2 aromatic heterocycles. The number of benzene rings is 1. The van der Waals surface area contributed by atoms with Crippen LogP contribution in [0.5, 0.6) is 11.5 Å². The molecule has 0 radical (unpaired) electrons. The molecule has 1 aromatic carbocycles. The lowest BCUT2D eigenvalue weighted by molar-refractivity contribution is 0.102. The number of aryl methyl sites for hydroxylation is 2. The number of hydrogen-bond donors (Lipinski definition) is 0. The molecule has 0 N–H and O–H groups in total. The topological polar surface area (TPSA) is 73.7 Å². The van der Waals surface area contributed by atoms with Crippen molar-refractivity contribution in [2.24, 2.45) is 0 Å². The fourth-order valence-corrected chi connectivity index (χ4v) is 6.58. The van der Waals surface area contributed by atoms with E-state index in [1.165, 1.54) is 28.6 Å². The number of ether oxygens (including phenoxy) is 2. The molecule has 3 aromatic rings. The van der Waals surface area contributed by atoms with E-state index in [2.05, 4.69) is 4.90 Å². The van der Waals surface area contributed by atoms with Crippen LogP contribution in [-0.2, 0) is 19.4 Å². The molecule has 0 amide bonds. The number of carbonyl (C=O) groups is 1. The largest absolute Gasteiger partial charge is 0.454 e. The van der Waals surface area contributed by atoms with Crippen LogP contribution >= 0.6 is 23.1 Å². The monoisotopic (exact) mass is 485 g/mol. The van der Waals surface area contributed by atoms with Crippen molar-refractivity contribution in [3.63, 3.8) is 0 Å². The molecule has 0 unspecified atom stereocenters. The van der Waals surface area contributed by atoms with E-state index in [9.17, 15) is 9.59 Å². The first-order chi connectivity index (χ1) is 16.0. The van der Waals surface area contributed by atoms with Crippen LogP contribution < -0.4 is 15.0 Å². The van der Waals surface area contributed by atoms with E-state index in [4.69, 9.17) is 14.5 Å². The fraction of sp³-hybridized carbons (Fsp3) is 0.458. The van der Waals surface area contributed by atoms with Gasteiger partial charge < -0.3 is 14.4 Å². The average molecular weight is 486 g/mol. The second-order valence-electron chi connectivity index (χ2n) is 8.68. The minimum atomic E-state index is -0.0297. The summed E-state index contributed by atoms with van der Waals surface area (Å²) in [5.74, 6) is 1.42. The Kier molecular flexibility index (Phi) is 6.44. The maximum atomic E-state index is 13.6. The fourth-order valence-electron chi connectivity index (χ4n) is 4.36. The lowest BCUT2D eigenvalue weighted by Gasteiger charge is -2.15. The summed E-state index contributed by atoms with van der Waals surface area (Å²) in [6, 6.07) is 5.24. The molecule has 0 saturated heterocycles. The van der Waals surface area contributed by atoms with Crippen molar-refractivity contribution in [3.8, 4) is 11.5 Å². The van der Waals surface area contributed by atoms with Gasteiger partial charge in [0.2, 0.25) is 6.79 Å². The molecule has 174 valence electrons. The summed E-state index contributed by atoms with van der Waals surface area (Å²) in [6.45, 7) is 1.65. The van der Waals surface area contributed by atoms with Gasteiger partial charge in [0.05, 0.1) is 11.1 Å². The molecule has 0 bridgehead atoms. The number of fused-ring (bicyclic) bond motifs is 4. The van der Waals surface area contributed by atoms with Crippen LogP contribution in [0.4, 0.5) is 0 Å². The van der Waals surface area contributed by atoms with E-state index < -0.39 is 0 Å². The number of hydrogen-bond acceptors (Lipinski definition) is 8. The quantitative estimate of drug-likeness (QED) is 0.271. The molecule has 0 fully saturated rings. The molecule has 0 spiro atoms. The van der Waals surface area contributed by atoms with Crippen molar-refractivity contribution < 1.29 is 14.3 Å². The van der Waals surface area contributed by atoms with E-state index >= 15 is 0 Å². The third-order valence-corrected chi connectivity index (χ3v) is 8.22. The standard InChI is InChI=1S/C24H27N3O4S2/c1-26(2)10-5-11-27-23(29)21-16-6-3-4-7-20(16)33-22(21)25-24(27)32-13-17(28)15-8-9-18-19(12-15)31-14-30-18/h8-9,12H,3-7,10-11,13-14H2,1-2H3. The minimum Gasteiger partial charge on any atom is -0.454 e. The van der Waals surface area contributed by atoms with Crippen molar-refractivity contribution in [2.75, 3.05) is 33.2 Å². The van der Waals surface area contributed by atoms with Gasteiger partial charge in [0.15, 0.2) is 22.4 Å². The second kappa shape index (κ2) is 9.48. The summed E-state index contributed by atoms with van der Waals surface area (Å²) < 4.78 is 12.5. The predicted molar refractivity (Wildman–Crippen MR) is 131 cm³/mol. The highest BCUT2D eigenvalue weighted by atomic mass is 32.2. The molecule has 2 aliphatic rings. The van der Waals surface area contributed by atoms with Crippen molar-refractivity contribution in [2.45, 2.75) is 43.8 Å². The van der Waals surface area contributed by atoms with E-state index in [0.29, 0.717) is 28.8 Å². The van der Waals surface area contributed by atoms with Crippen molar-refractivity contribution in [1.29, 1.82) is 0 Å². The molecule has 7 nitrogen and oxygen atoms in total. The van der Waals surface area contributed by atoms with Crippen molar-refractivity contribution in [1.82, 2.24) is 14.5 Å². The Hall–Kier alpha value is -2.36. The summed E-state index contributed by atoms with van der Waals surface area (Å²) >= 11 is 2.99. The number of carbonyl (C=O) groups excluding carboxylic acids is 1. The third kappa shape index (κ3) is 4.54. The normalized spacial score (nSPS) is 14.8. The highest BCUT2D eigenvalue weighted by Crippen LogP contribution is 2.35. The first kappa shape index (κ1) is 22.4. The summed E-state index contributed by atoms with van der Waals surface area (Å²) in [4.78, 5) is 35.6. The van der Waals surface area contributed by atoms with E-state index in [-0.39, 0.29) is 23.9 Å². The van der Waals surface area contributed by atoms with Gasteiger partial charge in [-0.2, -0.15) is 0 Å². The lowest BCUT2D eigenvalue weighted by atomic mass is 9.97. The SMILES string of the molecule is CN(C)CCCn1c(SCC(=O)c2ccc3c(c2)OCO3)nc2sc3c(c2c1=O)CCCC3. The van der Waals surface area contributed by atoms with Gasteiger partial charge in [0, 0.05) is 17.0 Å². The van der Waals surface area contributed by atoms with Crippen LogP contribution in [0.15, 0.2) is 28.2 Å². The highest BCUT2D eigenvalue weighted by molar-refractivity contribution is 7.99. The number of aromatic nitrogens is 2. The minimum absolute atomic E-state index is 0.0297. The van der Waals surface area contributed by atoms with Gasteiger partial charge in [0.25, 0.3) is 5.56 Å². The Morgan fingerprint density at radius 2 is 2.03 bits per heavy atom. The molecule has 1 aliphatic heterocycles. The molecule has 0 atom stereocenters. The van der Waals surface area contributed by atoms with Crippen LogP contribution in [0.25, 0.3) is 10.2 Å². The van der Waals surface area contributed by atoms with Gasteiger partial charge in [-0.05, 0) is 76.5 Å². The van der Waals surface area contributed by atoms with Crippen LogP contribution in [-0.4, -0.2) is 53.4 Å². The smallest absolute Gasteiger partial charge is 0.263 e. The maximum Gasteiger partial charge on any atom is 0.263 e. The number of thiophene rings is 1. The molecule has 5 rings (SSSR count). The Bertz CT molecular complexity index is 1260. The zero-order valence-corrected chi connectivity index (χ0v) is 20.5.